The molecule has 0 saturated heterocycles. The molecule has 0 spiro atoms. The number of hydrogen-bond acceptors (Lipinski definition) is 3. The molecule has 0 radical (unpaired) electrons. The van der Waals surface area contributed by atoms with Gasteiger partial charge in [-0.25, -0.2) is 13.8 Å². The second kappa shape index (κ2) is 5.01. The first-order chi connectivity index (χ1) is 7.74. The largest absolute Gasteiger partial charge is 0.574 e. The van der Waals surface area contributed by atoms with Crippen LogP contribution in [0.15, 0.2) is 6.07 Å². The van der Waals surface area contributed by atoms with E-state index >= 15 is 0 Å². The molecule has 0 bridgehead atoms. The predicted octanol–water partition coefficient (Wildman–Crippen LogP) is 3.06. The van der Waals surface area contributed by atoms with Crippen LogP contribution in [0.4, 0.5) is 22.0 Å². The molecule has 0 aromatic carbocycles. The number of aliphatic hydroxyl groups excluding tert-OH is 1. The van der Waals surface area contributed by atoms with Crippen LogP contribution in [0, 0.1) is 0 Å². The van der Waals surface area contributed by atoms with E-state index in [-0.39, 0.29) is 0 Å². The van der Waals surface area contributed by atoms with Crippen LogP contribution in [0.5, 0.6) is 5.88 Å². The molecule has 0 aliphatic heterocycles. The second-order valence-corrected chi connectivity index (χ2v) is 3.23. The molecule has 0 aliphatic carbocycles. The number of nitrogens with zero attached hydrogens (tertiary/aromatic N) is 1. The third kappa shape index (κ3) is 3.67. The quantitative estimate of drug-likeness (QED) is 0.864. The van der Waals surface area contributed by atoms with Gasteiger partial charge in [-0.3, -0.25) is 0 Å². The highest BCUT2D eigenvalue weighted by Crippen LogP contribution is 2.32. The third-order valence-electron chi connectivity index (χ3n) is 1.65. The molecule has 1 N–H and O–H groups in total. The molecule has 0 unspecified atom stereocenters. The van der Waals surface area contributed by atoms with Gasteiger partial charge in [0, 0.05) is 0 Å². The van der Waals surface area contributed by atoms with Crippen molar-refractivity contribution in [3.8, 4) is 5.88 Å². The fourth-order valence-corrected chi connectivity index (χ4v) is 1.24. The summed E-state index contributed by atoms with van der Waals surface area (Å²) in [6, 6.07) is 0.668. The average Bonchev–Trinajstić information content (AvgIpc) is 2.14. The Hall–Kier alpha value is -1.15. The van der Waals surface area contributed by atoms with Crippen molar-refractivity contribution in [3.05, 3.63) is 22.3 Å². The third-order valence-corrected chi connectivity index (χ3v) is 1.98. The minimum atomic E-state index is -5.11. The van der Waals surface area contributed by atoms with E-state index < -0.39 is 41.6 Å². The van der Waals surface area contributed by atoms with Gasteiger partial charge < -0.3 is 9.84 Å². The van der Waals surface area contributed by atoms with Gasteiger partial charge in [-0.2, -0.15) is 0 Å². The van der Waals surface area contributed by atoms with E-state index in [4.69, 9.17) is 16.7 Å². The Balaban J connectivity index is 3.24. The number of ether oxygens (including phenoxy) is 1. The molecule has 0 fully saturated rings. The maximum atomic E-state index is 12.3. The van der Waals surface area contributed by atoms with Crippen molar-refractivity contribution in [1.82, 2.24) is 4.98 Å². The molecule has 0 aliphatic rings. The number of aromatic nitrogens is 1. The lowest BCUT2D eigenvalue weighted by atomic mass is 10.2. The van der Waals surface area contributed by atoms with Gasteiger partial charge in [0.25, 0.3) is 6.43 Å². The molecule has 3 nitrogen and oxygen atoms in total. The number of rotatable bonds is 3. The maximum absolute atomic E-state index is 12.3. The standard InChI is InChI=1S/C8H5ClF5NO2/c9-4-1-5(6(10)11)15-7(3(4)2-16)17-8(12,13)14/h1,6,16H,2H2. The van der Waals surface area contributed by atoms with E-state index in [0.717, 1.165) is 0 Å². The smallest absolute Gasteiger partial charge is 0.391 e. The minimum absolute atomic E-state index is 0.475. The SMILES string of the molecule is OCc1c(Cl)cc(C(F)F)nc1OC(F)(F)F. The maximum Gasteiger partial charge on any atom is 0.574 e. The Morgan fingerprint density at radius 3 is 2.41 bits per heavy atom. The molecular formula is C8H5ClF5NO2. The van der Waals surface area contributed by atoms with Gasteiger partial charge in [0.1, 0.15) is 5.69 Å². The van der Waals surface area contributed by atoms with Crippen LogP contribution in [-0.2, 0) is 6.61 Å². The van der Waals surface area contributed by atoms with Crippen molar-refractivity contribution < 1.29 is 31.8 Å². The topological polar surface area (TPSA) is 42.4 Å². The fraction of sp³-hybridized carbons (Fsp3) is 0.375. The number of alkyl halides is 5. The zero-order chi connectivity index (χ0) is 13.2. The molecule has 1 heterocycles. The van der Waals surface area contributed by atoms with Crippen LogP contribution < -0.4 is 4.74 Å². The van der Waals surface area contributed by atoms with Gasteiger partial charge in [-0.05, 0) is 6.07 Å². The first-order valence-corrected chi connectivity index (χ1v) is 4.46. The van der Waals surface area contributed by atoms with E-state index in [1.54, 1.807) is 0 Å². The lowest BCUT2D eigenvalue weighted by molar-refractivity contribution is -0.276. The summed E-state index contributed by atoms with van der Waals surface area (Å²) in [4.78, 5) is 2.95. The Morgan fingerprint density at radius 1 is 1.41 bits per heavy atom. The Morgan fingerprint density at radius 2 is 2.00 bits per heavy atom. The van der Waals surface area contributed by atoms with Crippen molar-refractivity contribution in [2.75, 3.05) is 0 Å². The van der Waals surface area contributed by atoms with Crippen LogP contribution in [0.25, 0.3) is 0 Å². The van der Waals surface area contributed by atoms with E-state index in [1.807, 2.05) is 0 Å². The molecule has 0 saturated carbocycles. The zero-order valence-corrected chi connectivity index (χ0v) is 8.69. The summed E-state index contributed by atoms with van der Waals surface area (Å²) in [6.45, 7) is -0.916. The normalized spacial score (nSPS) is 12.0. The van der Waals surface area contributed by atoms with Crippen LogP contribution in [0.3, 0.4) is 0 Å². The van der Waals surface area contributed by atoms with E-state index in [1.165, 1.54) is 0 Å². The monoisotopic (exact) mass is 277 g/mol. The molecule has 9 heteroatoms. The summed E-state index contributed by atoms with van der Waals surface area (Å²) in [7, 11) is 0. The van der Waals surface area contributed by atoms with E-state index in [2.05, 4.69) is 9.72 Å². The van der Waals surface area contributed by atoms with Crippen molar-refractivity contribution in [2.24, 2.45) is 0 Å². The summed E-state index contributed by atoms with van der Waals surface area (Å²) < 4.78 is 63.8. The van der Waals surface area contributed by atoms with Gasteiger partial charge >= 0.3 is 6.36 Å². The summed E-state index contributed by atoms with van der Waals surface area (Å²) in [5.41, 5.74) is -1.47. The molecule has 0 atom stereocenters. The fourth-order valence-electron chi connectivity index (χ4n) is 0.985. The number of hydrogen-bond donors (Lipinski definition) is 1. The highest BCUT2D eigenvalue weighted by molar-refractivity contribution is 6.31. The van der Waals surface area contributed by atoms with Gasteiger partial charge in [-0.1, -0.05) is 11.6 Å². The molecular weight excluding hydrogens is 273 g/mol. The van der Waals surface area contributed by atoms with Crippen molar-refractivity contribution in [1.29, 1.82) is 0 Å². The molecule has 1 aromatic rings. The van der Waals surface area contributed by atoms with Crippen molar-refractivity contribution in [2.45, 2.75) is 19.4 Å². The Kier molecular flexibility index (Phi) is 4.10. The van der Waals surface area contributed by atoms with Crippen molar-refractivity contribution >= 4 is 11.6 Å². The average molecular weight is 278 g/mol. The van der Waals surface area contributed by atoms with Crippen LogP contribution in [-0.4, -0.2) is 16.5 Å². The van der Waals surface area contributed by atoms with Crippen molar-refractivity contribution in [3.63, 3.8) is 0 Å². The molecule has 17 heavy (non-hydrogen) atoms. The van der Waals surface area contributed by atoms with Gasteiger partial charge in [-0.15, -0.1) is 13.2 Å². The number of halogens is 6. The molecule has 1 rings (SSSR count). The molecule has 0 amide bonds. The zero-order valence-electron chi connectivity index (χ0n) is 7.93. The molecule has 96 valence electrons. The first-order valence-electron chi connectivity index (χ1n) is 4.08. The Bertz CT molecular complexity index is 410. The van der Waals surface area contributed by atoms with Crippen LogP contribution in [0.1, 0.15) is 17.7 Å². The lowest BCUT2D eigenvalue weighted by Gasteiger charge is -2.13. The molecule has 1 aromatic heterocycles. The van der Waals surface area contributed by atoms with E-state index in [0.29, 0.717) is 6.07 Å². The Labute approximate surface area is 96.8 Å². The summed E-state index contributed by atoms with van der Waals surface area (Å²) >= 11 is 5.43. The van der Waals surface area contributed by atoms with Gasteiger partial charge in [0.05, 0.1) is 17.2 Å². The summed E-state index contributed by atoms with van der Waals surface area (Å²) in [6.07, 6.45) is -8.21. The van der Waals surface area contributed by atoms with E-state index in [9.17, 15) is 22.0 Å². The highest BCUT2D eigenvalue weighted by Gasteiger charge is 2.34. The number of aliphatic hydroxyl groups is 1. The predicted molar refractivity (Wildman–Crippen MR) is 46.8 cm³/mol. The summed E-state index contributed by atoms with van der Waals surface area (Å²) in [5.74, 6) is -1.18. The highest BCUT2D eigenvalue weighted by atomic mass is 35.5. The minimum Gasteiger partial charge on any atom is -0.391 e. The van der Waals surface area contributed by atoms with Gasteiger partial charge in [0.15, 0.2) is 0 Å². The van der Waals surface area contributed by atoms with Gasteiger partial charge in [0.2, 0.25) is 5.88 Å². The second-order valence-electron chi connectivity index (χ2n) is 2.82. The lowest BCUT2D eigenvalue weighted by Crippen LogP contribution is -2.19. The van der Waals surface area contributed by atoms with Crippen LogP contribution in [0.2, 0.25) is 5.02 Å². The first kappa shape index (κ1) is 13.9. The summed E-state index contributed by atoms with van der Waals surface area (Å²) in [5, 5.41) is 8.29. The van der Waals surface area contributed by atoms with Crippen LogP contribution >= 0.6 is 11.6 Å². The number of pyridine rings is 1.